The second-order valence-electron chi connectivity index (χ2n) is 6.86. The molecule has 2 aromatic rings. The Labute approximate surface area is 186 Å². The monoisotopic (exact) mass is 449 g/mol. The van der Waals surface area contributed by atoms with Crippen molar-refractivity contribution in [2.75, 3.05) is 13.2 Å². The maximum Gasteiger partial charge on any atom is 0.276 e. The van der Waals surface area contributed by atoms with Gasteiger partial charge < -0.3 is 9.47 Å². The van der Waals surface area contributed by atoms with Gasteiger partial charge in [0.15, 0.2) is 11.7 Å². The molecule has 0 saturated carbocycles. The number of carbonyl (C=O) groups excluding carboxylic acids is 2. The maximum atomic E-state index is 12.5. The van der Waals surface area contributed by atoms with E-state index in [1.165, 1.54) is 0 Å². The number of aryl methyl sites for hydroxylation is 1. The third-order valence-electron chi connectivity index (χ3n) is 3.75. The summed E-state index contributed by atoms with van der Waals surface area (Å²) in [4.78, 5) is 24.4. The first-order valence-corrected chi connectivity index (χ1v) is 10.1. The number of ether oxygens (including phenoxy) is 2. The third-order valence-corrected chi connectivity index (χ3v) is 4.37. The van der Waals surface area contributed by atoms with Gasteiger partial charge in [-0.25, -0.2) is 0 Å². The van der Waals surface area contributed by atoms with Crippen molar-refractivity contribution in [3.05, 3.63) is 58.6 Å². The van der Waals surface area contributed by atoms with E-state index in [0.717, 1.165) is 5.56 Å². The fourth-order valence-corrected chi connectivity index (χ4v) is 2.52. The molecule has 0 atom stereocenters. The van der Waals surface area contributed by atoms with Crippen LogP contribution in [0.25, 0.3) is 0 Å². The highest BCUT2D eigenvalue weighted by atomic mass is 35.5. The SMILES string of the molecule is Cc1cc(OCC(=O)NNC(=S)NC(=O)c2ccccc2OCC(C)C)ccc1Cl. The molecule has 0 radical (unpaired) electrons. The van der Waals surface area contributed by atoms with Crippen LogP contribution in [0.5, 0.6) is 11.5 Å². The number of para-hydroxylation sites is 1. The minimum Gasteiger partial charge on any atom is -0.492 e. The van der Waals surface area contributed by atoms with Crippen molar-refractivity contribution in [2.45, 2.75) is 20.8 Å². The van der Waals surface area contributed by atoms with Gasteiger partial charge in [0.1, 0.15) is 11.5 Å². The highest BCUT2D eigenvalue weighted by Gasteiger charge is 2.14. The first kappa shape index (κ1) is 23.4. The summed E-state index contributed by atoms with van der Waals surface area (Å²) >= 11 is 11.0. The Morgan fingerprint density at radius 2 is 1.83 bits per heavy atom. The number of rotatable bonds is 7. The average Bonchev–Trinajstić information content (AvgIpc) is 2.71. The van der Waals surface area contributed by atoms with E-state index in [0.29, 0.717) is 34.6 Å². The molecule has 0 heterocycles. The number of carbonyl (C=O) groups is 2. The Kier molecular flexibility index (Phi) is 8.89. The second kappa shape index (κ2) is 11.4. The van der Waals surface area contributed by atoms with Crippen LogP contribution in [0, 0.1) is 12.8 Å². The van der Waals surface area contributed by atoms with E-state index in [9.17, 15) is 9.59 Å². The highest BCUT2D eigenvalue weighted by Crippen LogP contribution is 2.21. The minimum atomic E-state index is -0.472. The van der Waals surface area contributed by atoms with Crippen LogP contribution in [0.15, 0.2) is 42.5 Å². The Hall–Kier alpha value is -2.84. The lowest BCUT2D eigenvalue weighted by Gasteiger charge is -2.14. The molecule has 3 N–H and O–H groups in total. The van der Waals surface area contributed by atoms with Crippen LogP contribution in [0.2, 0.25) is 5.02 Å². The van der Waals surface area contributed by atoms with Crippen molar-refractivity contribution in [1.29, 1.82) is 0 Å². The zero-order valence-electron chi connectivity index (χ0n) is 17.0. The number of nitrogens with one attached hydrogen (secondary N) is 3. The van der Waals surface area contributed by atoms with Gasteiger partial charge in [0.2, 0.25) is 0 Å². The predicted molar refractivity (Wildman–Crippen MR) is 120 cm³/mol. The number of thiocarbonyl (C=S) groups is 1. The first-order chi connectivity index (χ1) is 14.3. The third kappa shape index (κ3) is 7.53. The molecular formula is C21H24ClN3O4S. The van der Waals surface area contributed by atoms with Gasteiger partial charge in [0.25, 0.3) is 11.8 Å². The van der Waals surface area contributed by atoms with Crippen molar-refractivity contribution in [3.63, 3.8) is 0 Å². The van der Waals surface area contributed by atoms with E-state index in [4.69, 9.17) is 33.3 Å². The Bertz CT molecular complexity index is 921. The Morgan fingerprint density at radius 1 is 1.10 bits per heavy atom. The van der Waals surface area contributed by atoms with E-state index in [-0.39, 0.29) is 11.7 Å². The molecule has 30 heavy (non-hydrogen) atoms. The van der Waals surface area contributed by atoms with Gasteiger partial charge in [0.05, 0.1) is 12.2 Å². The molecule has 0 saturated heterocycles. The fraction of sp³-hybridized carbons (Fsp3) is 0.286. The van der Waals surface area contributed by atoms with Crippen LogP contribution in [0.1, 0.15) is 29.8 Å². The molecular weight excluding hydrogens is 426 g/mol. The van der Waals surface area contributed by atoms with E-state index in [1.54, 1.807) is 42.5 Å². The van der Waals surface area contributed by atoms with E-state index < -0.39 is 11.8 Å². The first-order valence-electron chi connectivity index (χ1n) is 9.27. The summed E-state index contributed by atoms with van der Waals surface area (Å²) in [5.74, 6) is 0.370. The maximum absolute atomic E-state index is 12.5. The van der Waals surface area contributed by atoms with Crippen LogP contribution < -0.4 is 25.6 Å². The van der Waals surface area contributed by atoms with Crippen molar-refractivity contribution in [1.82, 2.24) is 16.2 Å². The lowest BCUT2D eigenvalue weighted by atomic mass is 10.2. The molecule has 2 rings (SSSR count). The summed E-state index contributed by atoms with van der Waals surface area (Å²) in [6.07, 6.45) is 0. The average molecular weight is 450 g/mol. The molecule has 160 valence electrons. The van der Waals surface area contributed by atoms with Crippen LogP contribution in [-0.2, 0) is 4.79 Å². The number of hydrogen-bond acceptors (Lipinski definition) is 5. The normalized spacial score (nSPS) is 10.3. The number of hydrogen-bond donors (Lipinski definition) is 3. The molecule has 0 bridgehead atoms. The van der Waals surface area contributed by atoms with E-state index in [2.05, 4.69) is 16.2 Å². The minimum absolute atomic E-state index is 0.0608. The van der Waals surface area contributed by atoms with Crippen molar-refractivity contribution >= 4 is 40.7 Å². The van der Waals surface area contributed by atoms with Crippen molar-refractivity contribution in [2.24, 2.45) is 5.92 Å². The molecule has 0 spiro atoms. The lowest BCUT2D eigenvalue weighted by molar-refractivity contribution is -0.123. The lowest BCUT2D eigenvalue weighted by Crippen LogP contribution is -2.49. The van der Waals surface area contributed by atoms with Crippen LogP contribution in [0.4, 0.5) is 0 Å². The summed E-state index contributed by atoms with van der Waals surface area (Å²) in [5, 5.41) is 3.05. The second-order valence-corrected chi connectivity index (χ2v) is 7.67. The highest BCUT2D eigenvalue weighted by molar-refractivity contribution is 7.80. The summed E-state index contributed by atoms with van der Waals surface area (Å²) in [6.45, 7) is 6.11. The molecule has 9 heteroatoms. The quantitative estimate of drug-likeness (QED) is 0.443. The van der Waals surface area contributed by atoms with E-state index in [1.807, 2.05) is 20.8 Å². The Morgan fingerprint density at radius 3 is 2.53 bits per heavy atom. The van der Waals surface area contributed by atoms with E-state index >= 15 is 0 Å². The topological polar surface area (TPSA) is 88.7 Å². The molecule has 2 amide bonds. The predicted octanol–water partition coefficient (Wildman–Crippen LogP) is 3.40. The van der Waals surface area contributed by atoms with Crippen molar-refractivity contribution in [3.8, 4) is 11.5 Å². The molecule has 0 aliphatic rings. The van der Waals surface area contributed by atoms with Gasteiger partial charge in [0, 0.05) is 5.02 Å². The molecule has 0 aliphatic heterocycles. The zero-order valence-corrected chi connectivity index (χ0v) is 18.5. The largest absolute Gasteiger partial charge is 0.492 e. The number of amides is 2. The molecule has 0 unspecified atom stereocenters. The summed E-state index contributed by atoms with van der Waals surface area (Å²) < 4.78 is 11.1. The molecule has 0 fully saturated rings. The molecule has 0 aliphatic carbocycles. The van der Waals surface area contributed by atoms with Gasteiger partial charge in [-0.3, -0.25) is 25.8 Å². The van der Waals surface area contributed by atoms with Crippen LogP contribution in [-0.4, -0.2) is 30.1 Å². The molecule has 2 aromatic carbocycles. The van der Waals surface area contributed by atoms with Gasteiger partial charge in [-0.1, -0.05) is 37.6 Å². The Balaban J connectivity index is 1.80. The van der Waals surface area contributed by atoms with Crippen LogP contribution in [0.3, 0.4) is 0 Å². The summed E-state index contributed by atoms with van der Waals surface area (Å²) in [7, 11) is 0. The van der Waals surface area contributed by atoms with Gasteiger partial charge >= 0.3 is 0 Å². The standard InChI is InChI=1S/C21H24ClN3O4S/c1-13(2)11-29-18-7-5-4-6-16(18)20(27)23-21(30)25-24-19(26)12-28-15-8-9-17(22)14(3)10-15/h4-10,13H,11-12H2,1-3H3,(H,24,26)(H2,23,25,27,30). The van der Waals surface area contributed by atoms with Gasteiger partial charge in [-0.15, -0.1) is 0 Å². The van der Waals surface area contributed by atoms with Gasteiger partial charge in [-0.2, -0.15) is 0 Å². The summed E-state index contributed by atoms with van der Waals surface area (Å²) in [6, 6.07) is 11.9. The number of benzene rings is 2. The zero-order chi connectivity index (χ0) is 22.1. The number of halogens is 1. The summed E-state index contributed by atoms with van der Waals surface area (Å²) in [5.41, 5.74) is 6.02. The fourth-order valence-electron chi connectivity index (χ4n) is 2.26. The smallest absolute Gasteiger partial charge is 0.276 e. The number of hydrazine groups is 1. The molecule has 7 nitrogen and oxygen atoms in total. The van der Waals surface area contributed by atoms with Gasteiger partial charge in [-0.05, 0) is 61.0 Å². The van der Waals surface area contributed by atoms with Crippen LogP contribution >= 0.6 is 23.8 Å². The van der Waals surface area contributed by atoms with Crippen molar-refractivity contribution < 1.29 is 19.1 Å². The molecule has 0 aromatic heterocycles.